The average Bonchev–Trinajstić information content (AvgIpc) is 3.29. The molecule has 1 saturated heterocycles. The number of nitrogens with one attached hydrogen (secondary N) is 1. The average molecular weight is 465 g/mol. The lowest BCUT2D eigenvalue weighted by atomic mass is 9.97. The monoisotopic (exact) mass is 464 g/mol. The van der Waals surface area contributed by atoms with E-state index in [4.69, 9.17) is 4.74 Å². The molecule has 1 aliphatic carbocycles. The summed E-state index contributed by atoms with van der Waals surface area (Å²) in [6.45, 7) is 0.258. The van der Waals surface area contributed by atoms with Crippen molar-refractivity contribution in [3.63, 3.8) is 0 Å². The first kappa shape index (κ1) is 22.7. The number of hydrogen-bond acceptors (Lipinski definition) is 4. The molecule has 1 heterocycles. The fourth-order valence-corrected chi connectivity index (χ4v) is 5.72. The Labute approximate surface area is 186 Å². The first-order chi connectivity index (χ1) is 15.3. The molecule has 0 bridgehead atoms. The van der Waals surface area contributed by atoms with Gasteiger partial charge in [-0.2, -0.15) is 4.31 Å². The predicted octanol–water partition coefficient (Wildman–Crippen LogP) is 4.33. The van der Waals surface area contributed by atoms with Crippen LogP contribution in [0.2, 0.25) is 0 Å². The predicted molar refractivity (Wildman–Crippen MR) is 116 cm³/mol. The van der Waals surface area contributed by atoms with Gasteiger partial charge in [-0.1, -0.05) is 6.07 Å². The van der Waals surface area contributed by atoms with Gasteiger partial charge in [0.2, 0.25) is 15.9 Å². The van der Waals surface area contributed by atoms with E-state index in [-0.39, 0.29) is 35.9 Å². The van der Waals surface area contributed by atoms with Crippen molar-refractivity contribution in [2.24, 2.45) is 5.92 Å². The fraction of sp³-hybridized carbons (Fsp3) is 0.435. The Bertz CT molecular complexity index is 1080. The maximum absolute atomic E-state index is 13.5. The van der Waals surface area contributed by atoms with Gasteiger partial charge in [-0.15, -0.1) is 0 Å². The first-order valence-electron chi connectivity index (χ1n) is 10.9. The first-order valence-corrected chi connectivity index (χ1v) is 12.3. The van der Waals surface area contributed by atoms with Gasteiger partial charge in [0.25, 0.3) is 0 Å². The van der Waals surface area contributed by atoms with Gasteiger partial charge in [0.1, 0.15) is 5.75 Å². The summed E-state index contributed by atoms with van der Waals surface area (Å²) in [5.74, 6) is -2.10. The number of amides is 1. The Morgan fingerprint density at radius 1 is 0.969 bits per heavy atom. The van der Waals surface area contributed by atoms with E-state index in [1.54, 1.807) is 12.1 Å². The second-order valence-electron chi connectivity index (χ2n) is 8.30. The summed E-state index contributed by atoms with van der Waals surface area (Å²) in [5.41, 5.74) is 0.641. The Balaban J connectivity index is 1.34. The van der Waals surface area contributed by atoms with Crippen LogP contribution in [0, 0.1) is 17.6 Å². The van der Waals surface area contributed by atoms with Gasteiger partial charge in [-0.25, -0.2) is 17.2 Å². The molecule has 2 aromatic carbocycles. The van der Waals surface area contributed by atoms with Gasteiger partial charge in [0.15, 0.2) is 11.6 Å². The Hall–Kier alpha value is -2.52. The molecule has 6 nitrogen and oxygen atoms in total. The van der Waals surface area contributed by atoms with Crippen LogP contribution in [0.15, 0.2) is 47.4 Å². The molecule has 0 atom stereocenters. The normalized spacial score (nSPS) is 18.6. The second kappa shape index (κ2) is 9.54. The molecule has 1 aliphatic heterocycles. The van der Waals surface area contributed by atoms with E-state index >= 15 is 0 Å². The van der Waals surface area contributed by atoms with Crippen LogP contribution in [0.1, 0.15) is 38.5 Å². The zero-order valence-electron chi connectivity index (χ0n) is 17.6. The molecule has 32 heavy (non-hydrogen) atoms. The second-order valence-corrected chi connectivity index (χ2v) is 10.2. The van der Waals surface area contributed by atoms with E-state index in [1.807, 2.05) is 12.1 Å². The molecule has 2 aliphatic rings. The van der Waals surface area contributed by atoms with Crippen molar-refractivity contribution in [2.75, 3.05) is 18.4 Å². The highest BCUT2D eigenvalue weighted by Gasteiger charge is 2.32. The minimum absolute atomic E-state index is 0.129. The van der Waals surface area contributed by atoms with Crippen molar-refractivity contribution in [1.29, 1.82) is 0 Å². The van der Waals surface area contributed by atoms with Crippen molar-refractivity contribution >= 4 is 21.6 Å². The lowest BCUT2D eigenvalue weighted by Gasteiger charge is -2.30. The molecule has 1 amide bonds. The zero-order valence-corrected chi connectivity index (χ0v) is 18.4. The van der Waals surface area contributed by atoms with Gasteiger partial charge in [0, 0.05) is 30.8 Å². The summed E-state index contributed by atoms with van der Waals surface area (Å²) >= 11 is 0. The van der Waals surface area contributed by atoms with Crippen LogP contribution in [0.5, 0.6) is 5.75 Å². The quantitative estimate of drug-likeness (QED) is 0.691. The van der Waals surface area contributed by atoms with Crippen LogP contribution >= 0.6 is 0 Å². The van der Waals surface area contributed by atoms with Gasteiger partial charge in [0.05, 0.1) is 11.0 Å². The van der Waals surface area contributed by atoms with Crippen molar-refractivity contribution in [3.8, 4) is 5.75 Å². The summed E-state index contributed by atoms with van der Waals surface area (Å²) in [7, 11) is -3.95. The number of piperidine rings is 1. The van der Waals surface area contributed by atoms with Gasteiger partial charge < -0.3 is 10.1 Å². The minimum atomic E-state index is -3.95. The Kier molecular flexibility index (Phi) is 6.76. The van der Waals surface area contributed by atoms with Crippen LogP contribution < -0.4 is 10.1 Å². The molecule has 1 N–H and O–H groups in total. The maximum Gasteiger partial charge on any atom is 0.243 e. The summed E-state index contributed by atoms with van der Waals surface area (Å²) in [4.78, 5) is 12.4. The molecule has 0 spiro atoms. The standard InChI is InChI=1S/C23H26F2N2O4S/c24-21-9-8-20(15-22(21)25)32(29,30)27-12-10-16(11-13-27)23(28)26-17-4-3-7-19(14-17)31-18-5-1-2-6-18/h3-4,7-9,14-16,18H,1-2,5-6,10-13H2,(H,26,28). The molecule has 0 aromatic heterocycles. The summed E-state index contributed by atoms with van der Waals surface area (Å²) in [6, 6.07) is 9.83. The lowest BCUT2D eigenvalue weighted by Crippen LogP contribution is -2.41. The van der Waals surface area contributed by atoms with Crippen LogP contribution in [-0.4, -0.2) is 37.8 Å². The van der Waals surface area contributed by atoms with Gasteiger partial charge >= 0.3 is 0 Å². The smallest absolute Gasteiger partial charge is 0.243 e. The molecule has 1 saturated carbocycles. The number of nitrogens with zero attached hydrogens (tertiary/aromatic N) is 1. The van der Waals surface area contributed by atoms with E-state index in [9.17, 15) is 22.0 Å². The highest BCUT2D eigenvalue weighted by atomic mass is 32.2. The number of hydrogen-bond donors (Lipinski definition) is 1. The number of benzene rings is 2. The maximum atomic E-state index is 13.5. The molecule has 0 radical (unpaired) electrons. The highest BCUT2D eigenvalue weighted by Crippen LogP contribution is 2.28. The third kappa shape index (κ3) is 5.10. The number of sulfonamides is 1. The van der Waals surface area contributed by atoms with E-state index < -0.39 is 21.7 Å². The number of carbonyl (C=O) groups is 1. The topological polar surface area (TPSA) is 75.7 Å². The number of anilines is 1. The van der Waals surface area contributed by atoms with Crippen molar-refractivity contribution in [1.82, 2.24) is 4.31 Å². The largest absolute Gasteiger partial charge is 0.490 e. The summed E-state index contributed by atoms with van der Waals surface area (Å²) in [6.07, 6.45) is 5.34. The minimum Gasteiger partial charge on any atom is -0.490 e. The third-order valence-electron chi connectivity index (χ3n) is 6.06. The van der Waals surface area contributed by atoms with E-state index in [0.717, 1.165) is 30.7 Å². The van der Waals surface area contributed by atoms with E-state index in [0.29, 0.717) is 24.6 Å². The molecule has 172 valence electrons. The molecule has 2 aromatic rings. The number of ether oxygens (including phenoxy) is 1. The molecule has 9 heteroatoms. The van der Waals surface area contributed by atoms with Crippen LogP contribution in [-0.2, 0) is 14.8 Å². The summed E-state index contributed by atoms with van der Waals surface area (Å²) in [5, 5.41) is 2.90. The highest BCUT2D eigenvalue weighted by molar-refractivity contribution is 7.89. The fourth-order valence-electron chi connectivity index (χ4n) is 4.23. The van der Waals surface area contributed by atoms with Crippen molar-refractivity contribution in [3.05, 3.63) is 54.1 Å². The molecule has 4 rings (SSSR count). The number of halogens is 2. The SMILES string of the molecule is O=C(Nc1cccc(OC2CCCC2)c1)C1CCN(S(=O)(=O)c2ccc(F)c(F)c2)CC1. The lowest BCUT2D eigenvalue weighted by molar-refractivity contribution is -0.120. The van der Waals surface area contributed by atoms with E-state index in [2.05, 4.69) is 5.32 Å². The van der Waals surface area contributed by atoms with Gasteiger partial charge in [-0.05, 0) is 68.9 Å². The molecule has 2 fully saturated rings. The third-order valence-corrected chi connectivity index (χ3v) is 7.95. The molecule has 0 unspecified atom stereocenters. The van der Waals surface area contributed by atoms with Crippen LogP contribution in [0.25, 0.3) is 0 Å². The molecular weight excluding hydrogens is 438 g/mol. The summed E-state index contributed by atoms with van der Waals surface area (Å²) < 4.78 is 59.2. The number of carbonyl (C=O) groups excluding carboxylic acids is 1. The van der Waals surface area contributed by atoms with Crippen LogP contribution in [0.3, 0.4) is 0 Å². The number of rotatable bonds is 6. The Morgan fingerprint density at radius 2 is 1.69 bits per heavy atom. The Morgan fingerprint density at radius 3 is 2.38 bits per heavy atom. The zero-order chi connectivity index (χ0) is 22.7. The van der Waals surface area contributed by atoms with Crippen molar-refractivity contribution in [2.45, 2.75) is 49.5 Å². The van der Waals surface area contributed by atoms with E-state index in [1.165, 1.54) is 17.1 Å². The molecular formula is C23H26F2N2O4S. The van der Waals surface area contributed by atoms with Crippen LogP contribution in [0.4, 0.5) is 14.5 Å². The van der Waals surface area contributed by atoms with Crippen molar-refractivity contribution < 1.29 is 26.7 Å². The van der Waals surface area contributed by atoms with Gasteiger partial charge in [-0.3, -0.25) is 4.79 Å².